The molecule has 15 heavy (non-hydrogen) atoms. The van der Waals surface area contributed by atoms with E-state index in [1.165, 1.54) is 0 Å². The highest BCUT2D eigenvalue weighted by molar-refractivity contribution is 6.18. The molecule has 0 bridgehead atoms. The van der Waals surface area contributed by atoms with E-state index in [0.29, 0.717) is 18.1 Å². The quantitative estimate of drug-likeness (QED) is 0.805. The minimum atomic E-state index is -0.256. The molecule has 0 unspecified atom stereocenters. The number of rotatable bonds is 4. The Balaban J connectivity index is 2.50. The molecule has 0 aromatic carbocycles. The van der Waals surface area contributed by atoms with Crippen LogP contribution in [0.3, 0.4) is 0 Å². The largest absolute Gasteiger partial charge is 0.351 e. The van der Waals surface area contributed by atoms with Crippen LogP contribution in [0.2, 0.25) is 0 Å². The van der Waals surface area contributed by atoms with Crippen molar-refractivity contribution in [1.29, 1.82) is 0 Å². The lowest BCUT2D eigenvalue weighted by atomic mass is 9.96. The number of hydrogen-bond donors (Lipinski definition) is 1. The number of amides is 1. The Morgan fingerprint density at radius 3 is 2.80 bits per heavy atom. The predicted octanol–water partition coefficient (Wildman–Crippen LogP) is 1.98. The van der Waals surface area contributed by atoms with Gasteiger partial charge in [0.15, 0.2) is 0 Å². The topological polar surface area (TPSA) is 55.1 Å². The molecule has 0 aliphatic carbocycles. The molecule has 0 saturated heterocycles. The third-order valence-electron chi connectivity index (χ3n) is 1.94. The van der Waals surface area contributed by atoms with E-state index in [0.717, 1.165) is 0 Å². The Morgan fingerprint density at radius 1 is 1.67 bits per heavy atom. The van der Waals surface area contributed by atoms with E-state index in [1.807, 2.05) is 13.8 Å². The molecule has 0 fully saturated rings. The van der Waals surface area contributed by atoms with Crippen molar-refractivity contribution < 1.29 is 9.32 Å². The molecular weight excluding hydrogens is 216 g/mol. The van der Waals surface area contributed by atoms with Crippen molar-refractivity contribution >= 4 is 17.5 Å². The van der Waals surface area contributed by atoms with E-state index < -0.39 is 0 Å². The van der Waals surface area contributed by atoms with Gasteiger partial charge in [-0.1, -0.05) is 19.0 Å². The summed E-state index contributed by atoms with van der Waals surface area (Å²) in [5.41, 5.74) is 0.573. The van der Waals surface area contributed by atoms with Crippen LogP contribution in [0.15, 0.2) is 10.6 Å². The molecular formula is C10H15ClN2O2. The maximum Gasteiger partial charge on any atom is 0.289 e. The lowest BCUT2D eigenvalue weighted by Gasteiger charge is -2.20. The Labute approximate surface area is 94.0 Å². The van der Waals surface area contributed by atoms with Crippen LogP contribution >= 0.6 is 11.6 Å². The van der Waals surface area contributed by atoms with Gasteiger partial charge in [0.05, 0.1) is 5.69 Å². The number of alkyl halides is 1. The number of aryl methyl sites for hydroxylation is 1. The van der Waals surface area contributed by atoms with Crippen LogP contribution < -0.4 is 5.32 Å². The molecule has 0 saturated carbocycles. The molecule has 0 aliphatic rings. The van der Waals surface area contributed by atoms with Crippen LogP contribution in [0.1, 0.15) is 30.1 Å². The van der Waals surface area contributed by atoms with Gasteiger partial charge in [0, 0.05) is 18.5 Å². The maximum absolute atomic E-state index is 11.5. The number of aromatic nitrogens is 1. The first-order valence-electron chi connectivity index (χ1n) is 4.72. The molecule has 1 aromatic rings. The monoisotopic (exact) mass is 230 g/mol. The molecule has 1 heterocycles. The molecule has 84 valence electrons. The van der Waals surface area contributed by atoms with Gasteiger partial charge in [-0.05, 0) is 12.3 Å². The molecule has 1 N–H and O–H groups in total. The van der Waals surface area contributed by atoms with Gasteiger partial charge in [0.25, 0.3) is 5.91 Å². The summed E-state index contributed by atoms with van der Waals surface area (Å²) >= 11 is 5.74. The number of carbonyl (C=O) groups is 1. The first-order chi connectivity index (χ1) is 6.94. The highest BCUT2D eigenvalue weighted by Crippen LogP contribution is 2.15. The Kier molecular flexibility index (Phi) is 3.74. The van der Waals surface area contributed by atoms with E-state index in [9.17, 15) is 4.79 Å². The average Bonchev–Trinajstić information content (AvgIpc) is 2.61. The zero-order chi connectivity index (χ0) is 11.5. The lowest BCUT2D eigenvalue weighted by molar-refractivity contribution is 0.0903. The van der Waals surface area contributed by atoms with E-state index in [1.54, 1.807) is 13.0 Å². The summed E-state index contributed by atoms with van der Waals surface area (Å²) in [4.78, 5) is 11.5. The molecule has 1 amide bonds. The summed E-state index contributed by atoms with van der Waals surface area (Å²) in [5.74, 6) is 0.467. The summed E-state index contributed by atoms with van der Waals surface area (Å²) in [6.45, 7) is 6.23. The molecule has 4 nitrogen and oxygen atoms in total. The molecule has 1 aromatic heterocycles. The molecule has 0 atom stereocenters. The van der Waals surface area contributed by atoms with Gasteiger partial charge in [-0.2, -0.15) is 0 Å². The van der Waals surface area contributed by atoms with Crippen molar-refractivity contribution in [1.82, 2.24) is 10.5 Å². The smallest absolute Gasteiger partial charge is 0.289 e. The summed E-state index contributed by atoms with van der Waals surface area (Å²) in [7, 11) is 0. The Hall–Kier alpha value is -1.03. The highest BCUT2D eigenvalue weighted by Gasteiger charge is 2.19. The second-order valence-electron chi connectivity index (χ2n) is 4.31. The minimum absolute atomic E-state index is 0.119. The number of hydrogen-bond acceptors (Lipinski definition) is 3. The molecule has 0 aliphatic heterocycles. The van der Waals surface area contributed by atoms with Crippen LogP contribution in [-0.2, 0) is 0 Å². The second-order valence-corrected chi connectivity index (χ2v) is 4.58. The van der Waals surface area contributed by atoms with Gasteiger partial charge in [0.1, 0.15) is 0 Å². The van der Waals surface area contributed by atoms with Crippen molar-refractivity contribution in [3.05, 3.63) is 17.5 Å². The zero-order valence-electron chi connectivity index (χ0n) is 9.13. The fraction of sp³-hybridized carbons (Fsp3) is 0.600. The predicted molar refractivity (Wildman–Crippen MR) is 58.1 cm³/mol. The highest BCUT2D eigenvalue weighted by atomic mass is 35.5. The molecule has 1 rings (SSSR count). The van der Waals surface area contributed by atoms with E-state index in [-0.39, 0.29) is 17.1 Å². The Morgan fingerprint density at radius 2 is 2.33 bits per heavy atom. The van der Waals surface area contributed by atoms with Crippen LogP contribution in [0, 0.1) is 12.3 Å². The lowest BCUT2D eigenvalue weighted by Crippen LogP contribution is -2.34. The summed E-state index contributed by atoms with van der Waals surface area (Å²) in [6.07, 6.45) is 0. The first kappa shape index (κ1) is 12.0. The van der Waals surface area contributed by atoms with Crippen molar-refractivity contribution in [2.24, 2.45) is 5.41 Å². The molecule has 0 radical (unpaired) electrons. The number of carbonyl (C=O) groups excluding carboxylic acids is 1. The van der Waals surface area contributed by atoms with Gasteiger partial charge in [-0.3, -0.25) is 4.79 Å². The van der Waals surface area contributed by atoms with E-state index in [2.05, 4.69) is 10.5 Å². The SMILES string of the molecule is Cc1cc(C(=O)NCC(C)(C)CCl)on1. The number of nitrogens with one attached hydrogen (secondary N) is 1. The number of nitrogens with zero attached hydrogens (tertiary/aromatic N) is 1. The van der Waals surface area contributed by atoms with Gasteiger partial charge < -0.3 is 9.84 Å². The van der Waals surface area contributed by atoms with Crippen LogP contribution in [0.5, 0.6) is 0 Å². The van der Waals surface area contributed by atoms with Gasteiger partial charge in [0.2, 0.25) is 5.76 Å². The van der Waals surface area contributed by atoms with Crippen LogP contribution in [0.4, 0.5) is 0 Å². The van der Waals surface area contributed by atoms with Crippen LogP contribution in [0.25, 0.3) is 0 Å². The summed E-state index contributed by atoms with van der Waals surface area (Å²) in [5, 5.41) is 6.39. The third kappa shape index (κ3) is 3.55. The number of halogens is 1. The van der Waals surface area contributed by atoms with E-state index in [4.69, 9.17) is 16.1 Å². The average molecular weight is 231 g/mol. The second kappa shape index (κ2) is 4.66. The minimum Gasteiger partial charge on any atom is -0.351 e. The van der Waals surface area contributed by atoms with Crippen molar-refractivity contribution in [2.45, 2.75) is 20.8 Å². The van der Waals surface area contributed by atoms with E-state index >= 15 is 0 Å². The summed E-state index contributed by atoms with van der Waals surface area (Å²) in [6, 6.07) is 1.60. The maximum atomic E-state index is 11.5. The van der Waals surface area contributed by atoms with Gasteiger partial charge >= 0.3 is 0 Å². The van der Waals surface area contributed by atoms with Gasteiger partial charge in [-0.15, -0.1) is 11.6 Å². The summed E-state index contributed by atoms with van der Waals surface area (Å²) < 4.78 is 4.83. The van der Waals surface area contributed by atoms with Gasteiger partial charge in [-0.25, -0.2) is 0 Å². The molecule has 0 spiro atoms. The fourth-order valence-corrected chi connectivity index (χ4v) is 1.02. The van der Waals surface area contributed by atoms with Crippen molar-refractivity contribution in [2.75, 3.05) is 12.4 Å². The normalized spacial score (nSPS) is 11.5. The third-order valence-corrected chi connectivity index (χ3v) is 2.66. The fourth-order valence-electron chi connectivity index (χ4n) is 0.925. The molecule has 5 heteroatoms. The zero-order valence-corrected chi connectivity index (χ0v) is 9.89. The van der Waals surface area contributed by atoms with Crippen molar-refractivity contribution in [3.8, 4) is 0 Å². The standard InChI is InChI=1S/C10H15ClN2O2/c1-7-4-8(15-13-7)9(14)12-6-10(2,3)5-11/h4H,5-6H2,1-3H3,(H,12,14). The van der Waals surface area contributed by atoms with Crippen LogP contribution in [-0.4, -0.2) is 23.5 Å². The Bertz CT molecular complexity index is 347. The van der Waals surface area contributed by atoms with Crippen molar-refractivity contribution in [3.63, 3.8) is 0 Å². The first-order valence-corrected chi connectivity index (χ1v) is 5.25.